The van der Waals surface area contributed by atoms with Gasteiger partial charge in [-0.3, -0.25) is 4.68 Å². The number of fused-ring (bicyclic) bond motifs is 1. The Morgan fingerprint density at radius 2 is 1.70 bits per heavy atom. The quantitative estimate of drug-likeness (QED) is 0.301. The molecule has 1 unspecified atom stereocenters. The predicted octanol–water partition coefficient (Wildman–Crippen LogP) is 6.99. The molecule has 6 rings (SSSR count). The molecule has 0 radical (unpaired) electrons. The molecule has 11 heteroatoms. The third-order valence-electron chi connectivity index (χ3n) is 8.14. The van der Waals surface area contributed by atoms with Gasteiger partial charge in [-0.25, -0.2) is 24.2 Å². The van der Waals surface area contributed by atoms with Gasteiger partial charge in [0.05, 0.1) is 29.1 Å². The lowest BCUT2D eigenvalue weighted by molar-refractivity contribution is -0.0366. The zero-order valence-corrected chi connectivity index (χ0v) is 26.2. The summed E-state index contributed by atoms with van der Waals surface area (Å²) in [6, 6.07) is 4.35. The van der Waals surface area contributed by atoms with Crippen molar-refractivity contribution in [3.05, 3.63) is 30.2 Å². The normalized spacial score (nSPS) is 22.7. The molecule has 4 heterocycles. The van der Waals surface area contributed by atoms with Crippen molar-refractivity contribution in [3.63, 3.8) is 0 Å². The molecular formula is C32H44N6O5. The van der Waals surface area contributed by atoms with Gasteiger partial charge in [0.1, 0.15) is 16.7 Å². The summed E-state index contributed by atoms with van der Waals surface area (Å²) in [6.45, 7) is 11.7. The van der Waals surface area contributed by atoms with E-state index in [1.165, 1.54) is 0 Å². The summed E-state index contributed by atoms with van der Waals surface area (Å²) in [5.74, 6) is 0.585. The molecular weight excluding hydrogens is 548 g/mol. The van der Waals surface area contributed by atoms with E-state index in [1.54, 1.807) is 41.5 Å². The third kappa shape index (κ3) is 6.71. The van der Waals surface area contributed by atoms with E-state index in [1.807, 2.05) is 10.9 Å². The first-order valence-electron chi connectivity index (χ1n) is 15.6. The fourth-order valence-electron chi connectivity index (χ4n) is 5.86. The summed E-state index contributed by atoms with van der Waals surface area (Å²) in [4.78, 5) is 32.0. The van der Waals surface area contributed by atoms with Crippen LogP contribution in [0.15, 0.2) is 24.5 Å². The van der Waals surface area contributed by atoms with E-state index >= 15 is 0 Å². The van der Waals surface area contributed by atoms with Crippen LogP contribution >= 0.6 is 0 Å². The van der Waals surface area contributed by atoms with E-state index in [0.717, 1.165) is 84.4 Å². The molecule has 2 aliphatic carbocycles. The molecule has 2 amide bonds. The number of nitrogens with zero attached hydrogens (tertiary/aromatic N) is 6. The largest absolute Gasteiger partial charge is 0.443 e. The summed E-state index contributed by atoms with van der Waals surface area (Å²) in [7, 11) is 0. The average Bonchev–Trinajstić information content (AvgIpc) is 3.51. The first kappa shape index (κ1) is 29.6. The van der Waals surface area contributed by atoms with Crippen LogP contribution in [0.25, 0.3) is 22.3 Å². The molecule has 1 atom stereocenters. The second-order valence-corrected chi connectivity index (χ2v) is 14.3. The van der Waals surface area contributed by atoms with Crippen LogP contribution < -0.4 is 0 Å². The smallest absolute Gasteiger partial charge is 0.419 e. The SMILES string of the molecule is CC(C)(C)OC(=O)N(C[C@H]1C[C@H](n2cc(-c3ccc4c(cnn4C4CCCCO4)n3)c(C3CC3)n2)C1)C(=O)OC(C)(C)C. The Balaban J connectivity index is 1.17. The molecule has 0 aromatic carbocycles. The molecule has 232 valence electrons. The lowest BCUT2D eigenvalue weighted by Crippen LogP contribution is -2.47. The molecule has 3 aromatic heterocycles. The molecule has 3 aliphatic rings. The van der Waals surface area contributed by atoms with Gasteiger partial charge in [-0.2, -0.15) is 10.2 Å². The van der Waals surface area contributed by atoms with E-state index in [4.69, 9.17) is 24.3 Å². The summed E-state index contributed by atoms with van der Waals surface area (Å²) in [6.07, 6.45) is 9.64. The zero-order chi connectivity index (χ0) is 30.5. The second-order valence-electron chi connectivity index (χ2n) is 14.3. The van der Waals surface area contributed by atoms with Crippen molar-refractivity contribution < 1.29 is 23.8 Å². The number of imide groups is 1. The molecule has 43 heavy (non-hydrogen) atoms. The summed E-state index contributed by atoms with van der Waals surface area (Å²) >= 11 is 0. The summed E-state index contributed by atoms with van der Waals surface area (Å²) < 4.78 is 21.1. The number of rotatable bonds is 6. The van der Waals surface area contributed by atoms with Gasteiger partial charge in [0.25, 0.3) is 0 Å². The van der Waals surface area contributed by atoms with E-state index in [9.17, 15) is 9.59 Å². The highest BCUT2D eigenvalue weighted by Gasteiger charge is 2.39. The van der Waals surface area contributed by atoms with Crippen LogP contribution in [0.4, 0.5) is 9.59 Å². The molecule has 1 aliphatic heterocycles. The van der Waals surface area contributed by atoms with Crippen LogP contribution in [0.3, 0.4) is 0 Å². The first-order valence-corrected chi connectivity index (χ1v) is 15.6. The second kappa shape index (κ2) is 11.2. The molecule has 3 aromatic rings. The van der Waals surface area contributed by atoms with E-state index < -0.39 is 23.4 Å². The number of hydrogen-bond acceptors (Lipinski definition) is 8. The van der Waals surface area contributed by atoms with Gasteiger partial charge in [0.15, 0.2) is 6.23 Å². The van der Waals surface area contributed by atoms with Crippen molar-refractivity contribution in [3.8, 4) is 11.3 Å². The van der Waals surface area contributed by atoms with E-state index in [2.05, 4.69) is 28.1 Å². The van der Waals surface area contributed by atoms with Crippen LogP contribution in [-0.4, -0.2) is 66.0 Å². The van der Waals surface area contributed by atoms with Gasteiger partial charge < -0.3 is 14.2 Å². The minimum Gasteiger partial charge on any atom is -0.443 e. The predicted molar refractivity (Wildman–Crippen MR) is 160 cm³/mol. The van der Waals surface area contributed by atoms with Crippen molar-refractivity contribution in [1.29, 1.82) is 0 Å². The topological polar surface area (TPSA) is 114 Å². The maximum Gasteiger partial charge on any atom is 0.419 e. The van der Waals surface area contributed by atoms with Crippen molar-refractivity contribution in [1.82, 2.24) is 29.4 Å². The minimum atomic E-state index is -0.719. The molecule has 3 fully saturated rings. The van der Waals surface area contributed by atoms with Crippen LogP contribution in [-0.2, 0) is 14.2 Å². The number of ether oxygens (including phenoxy) is 3. The maximum atomic E-state index is 12.9. The fraction of sp³-hybridized carbons (Fsp3) is 0.656. The minimum absolute atomic E-state index is 0.0307. The van der Waals surface area contributed by atoms with Gasteiger partial charge in [-0.05, 0) is 105 Å². The molecule has 0 spiro atoms. The standard InChI is InChI=1S/C32H44N6O5/c1-31(2,3)42-29(39)36(30(40)43-32(4,5)6)18-20-15-22(16-20)37-19-23(28(35-37)21-10-11-21)24-12-13-26-25(34-24)17-33-38(26)27-9-7-8-14-41-27/h12-13,17,19-22,27H,7-11,14-16,18H2,1-6H3/t20-,22-,27?. The van der Waals surface area contributed by atoms with Crippen LogP contribution in [0.2, 0.25) is 0 Å². The molecule has 0 N–H and O–H groups in total. The van der Waals surface area contributed by atoms with E-state index in [0.29, 0.717) is 5.92 Å². The Hall–Kier alpha value is -3.47. The highest BCUT2D eigenvalue weighted by molar-refractivity contribution is 5.88. The van der Waals surface area contributed by atoms with Crippen molar-refractivity contribution >= 4 is 23.2 Å². The number of aromatic nitrogens is 5. The highest BCUT2D eigenvalue weighted by Crippen LogP contribution is 2.46. The van der Waals surface area contributed by atoms with Gasteiger partial charge in [0, 0.05) is 30.8 Å². The van der Waals surface area contributed by atoms with E-state index in [-0.39, 0.29) is 24.7 Å². The Morgan fingerprint density at radius 1 is 1.00 bits per heavy atom. The summed E-state index contributed by atoms with van der Waals surface area (Å²) in [5.41, 5.74) is 3.47. The molecule has 0 bridgehead atoms. The van der Waals surface area contributed by atoms with Gasteiger partial charge in [-0.15, -0.1) is 0 Å². The zero-order valence-electron chi connectivity index (χ0n) is 26.2. The van der Waals surface area contributed by atoms with Crippen molar-refractivity contribution in [2.45, 2.75) is 116 Å². The maximum absolute atomic E-state index is 12.9. The lowest BCUT2D eigenvalue weighted by atomic mass is 9.80. The number of pyridine rings is 1. The van der Waals surface area contributed by atoms with Crippen LogP contribution in [0.5, 0.6) is 0 Å². The third-order valence-corrected chi connectivity index (χ3v) is 8.14. The Morgan fingerprint density at radius 3 is 2.30 bits per heavy atom. The molecule has 1 saturated heterocycles. The Labute approximate surface area is 252 Å². The highest BCUT2D eigenvalue weighted by atomic mass is 16.6. The van der Waals surface area contributed by atoms with Crippen molar-refractivity contribution in [2.24, 2.45) is 5.92 Å². The number of carbonyl (C=O) groups excluding carboxylic acids is 2. The number of carbonyl (C=O) groups is 2. The monoisotopic (exact) mass is 592 g/mol. The van der Waals surface area contributed by atoms with Gasteiger partial charge >= 0.3 is 12.2 Å². The van der Waals surface area contributed by atoms with Gasteiger partial charge in [-0.1, -0.05) is 0 Å². The lowest BCUT2D eigenvalue weighted by Gasteiger charge is -2.38. The van der Waals surface area contributed by atoms with Gasteiger partial charge in [0.2, 0.25) is 0 Å². The first-order chi connectivity index (χ1) is 20.3. The average molecular weight is 593 g/mol. The van der Waals surface area contributed by atoms with Crippen LogP contribution in [0, 0.1) is 5.92 Å². The fourth-order valence-corrected chi connectivity index (χ4v) is 5.86. The molecule has 2 saturated carbocycles. The van der Waals surface area contributed by atoms with Crippen LogP contribution in [0.1, 0.15) is 110 Å². The summed E-state index contributed by atoms with van der Waals surface area (Å²) in [5, 5.41) is 9.66. The molecule has 11 nitrogen and oxygen atoms in total. The number of amides is 2. The Bertz CT molecular complexity index is 1450. The Kier molecular flexibility index (Phi) is 7.73. The number of hydrogen-bond donors (Lipinski definition) is 0. The van der Waals surface area contributed by atoms with Crippen molar-refractivity contribution in [2.75, 3.05) is 13.2 Å².